The van der Waals surface area contributed by atoms with E-state index in [1.165, 1.54) is 48.6 Å². The lowest BCUT2D eigenvalue weighted by atomic mass is 9.93. The van der Waals surface area contributed by atoms with Crippen LogP contribution < -0.4 is 0 Å². The number of nitrogens with zero attached hydrogens (tertiary/aromatic N) is 3. The van der Waals surface area contributed by atoms with Gasteiger partial charge in [-0.25, -0.2) is 15.0 Å². The van der Waals surface area contributed by atoms with Crippen molar-refractivity contribution in [2.45, 2.75) is 9.79 Å². The van der Waals surface area contributed by atoms with Crippen molar-refractivity contribution in [3.05, 3.63) is 164 Å². The molecule has 0 unspecified atom stereocenters. The molecule has 0 spiro atoms. The van der Waals surface area contributed by atoms with E-state index in [-0.39, 0.29) is 0 Å². The summed E-state index contributed by atoms with van der Waals surface area (Å²) in [7, 11) is 0. The van der Waals surface area contributed by atoms with E-state index in [0.29, 0.717) is 17.5 Å². The molecule has 0 amide bonds. The number of hydrogen-bond acceptors (Lipinski definition) is 4. The van der Waals surface area contributed by atoms with Crippen LogP contribution in [-0.2, 0) is 0 Å². The standard InChI is InChI=1S/C43H27N3S/c1-4-12-28(13-5-1)31-18-10-19-32(26-31)33-22-23-34-35-20-11-21-36-37(24-25-38(40(35)36)47-39(34)27-33)43-45-41(29-14-6-2-7-15-29)44-42(46-43)30-16-8-3-9-17-30/h1-27H. The summed E-state index contributed by atoms with van der Waals surface area (Å²) in [4.78, 5) is 17.5. The molecule has 2 heterocycles. The van der Waals surface area contributed by atoms with Crippen LogP contribution in [0.1, 0.15) is 0 Å². The van der Waals surface area contributed by atoms with Crippen molar-refractivity contribution in [1.82, 2.24) is 15.0 Å². The summed E-state index contributed by atoms with van der Waals surface area (Å²) in [5.74, 6) is 2.00. The quantitative estimate of drug-likeness (QED) is 0.193. The minimum absolute atomic E-state index is 0.665. The molecule has 3 nitrogen and oxygen atoms in total. The van der Waals surface area contributed by atoms with Crippen LogP contribution in [-0.4, -0.2) is 15.0 Å². The molecule has 0 radical (unpaired) electrons. The van der Waals surface area contributed by atoms with Gasteiger partial charge in [0.2, 0.25) is 0 Å². The summed E-state index contributed by atoms with van der Waals surface area (Å²) in [6, 6.07) is 57.5. The first-order chi connectivity index (χ1) is 23.3. The lowest BCUT2D eigenvalue weighted by molar-refractivity contribution is 1.08. The molecule has 1 aliphatic rings. The van der Waals surface area contributed by atoms with Gasteiger partial charge in [-0.15, -0.1) is 0 Å². The summed E-state index contributed by atoms with van der Waals surface area (Å²) in [6.45, 7) is 0. The van der Waals surface area contributed by atoms with Crippen molar-refractivity contribution >= 4 is 22.5 Å². The molecule has 220 valence electrons. The van der Waals surface area contributed by atoms with Gasteiger partial charge in [-0.3, -0.25) is 0 Å². The van der Waals surface area contributed by atoms with Gasteiger partial charge in [-0.2, -0.15) is 0 Å². The zero-order valence-electron chi connectivity index (χ0n) is 25.3. The van der Waals surface area contributed by atoms with Crippen molar-refractivity contribution in [3.8, 4) is 67.5 Å². The molecule has 47 heavy (non-hydrogen) atoms. The van der Waals surface area contributed by atoms with E-state index < -0.39 is 0 Å². The Balaban J connectivity index is 1.16. The maximum absolute atomic E-state index is 5.04. The van der Waals surface area contributed by atoms with Crippen molar-refractivity contribution in [2.75, 3.05) is 0 Å². The number of hydrogen-bond donors (Lipinski definition) is 0. The molecule has 7 aromatic carbocycles. The van der Waals surface area contributed by atoms with Crippen molar-refractivity contribution in [1.29, 1.82) is 0 Å². The summed E-state index contributed by atoms with van der Waals surface area (Å²) >= 11 is 1.84. The van der Waals surface area contributed by atoms with E-state index >= 15 is 0 Å². The van der Waals surface area contributed by atoms with Crippen molar-refractivity contribution in [2.24, 2.45) is 0 Å². The van der Waals surface area contributed by atoms with Crippen LogP contribution in [0.5, 0.6) is 0 Å². The van der Waals surface area contributed by atoms with E-state index in [9.17, 15) is 0 Å². The van der Waals surface area contributed by atoms with Gasteiger partial charge in [0.25, 0.3) is 0 Å². The SMILES string of the molecule is c1ccc(-c2cccc(-c3ccc4c(c3)Sc3ccc(-c5nc(-c6ccccc6)nc(-c6ccccc6)n5)c5cccc-4c35)c2)cc1. The van der Waals surface area contributed by atoms with Crippen LogP contribution >= 0.6 is 11.8 Å². The molecule has 0 bridgehead atoms. The Morgan fingerprint density at radius 3 is 1.53 bits per heavy atom. The molecule has 0 aliphatic carbocycles. The molecule has 1 aromatic heterocycles. The van der Waals surface area contributed by atoms with Gasteiger partial charge in [0.15, 0.2) is 17.5 Å². The summed E-state index contributed by atoms with van der Waals surface area (Å²) < 4.78 is 0. The van der Waals surface area contributed by atoms with Crippen molar-refractivity contribution in [3.63, 3.8) is 0 Å². The second kappa shape index (κ2) is 11.5. The van der Waals surface area contributed by atoms with E-state index in [1.54, 1.807) is 0 Å². The zero-order chi connectivity index (χ0) is 31.2. The smallest absolute Gasteiger partial charge is 0.164 e. The van der Waals surface area contributed by atoms with Gasteiger partial charge in [0.1, 0.15) is 0 Å². The fraction of sp³-hybridized carbons (Fsp3) is 0. The zero-order valence-corrected chi connectivity index (χ0v) is 26.2. The Bertz CT molecular complexity index is 2370. The summed E-state index contributed by atoms with van der Waals surface area (Å²) in [5.41, 5.74) is 10.3. The molecule has 0 saturated carbocycles. The Morgan fingerprint density at radius 2 is 0.851 bits per heavy atom. The van der Waals surface area contributed by atoms with Gasteiger partial charge in [0, 0.05) is 31.9 Å². The predicted octanol–water partition coefficient (Wildman–Crippen LogP) is 11.5. The Hall–Kier alpha value is -5.84. The maximum atomic E-state index is 5.04. The van der Waals surface area contributed by atoms with Crippen LogP contribution in [0.15, 0.2) is 174 Å². The van der Waals surface area contributed by atoms with E-state index in [1.807, 2.05) is 72.4 Å². The molecule has 0 saturated heterocycles. The van der Waals surface area contributed by atoms with Crippen molar-refractivity contribution < 1.29 is 0 Å². The van der Waals surface area contributed by atoms with Gasteiger partial charge < -0.3 is 0 Å². The second-order valence-electron chi connectivity index (χ2n) is 11.6. The molecule has 0 N–H and O–H groups in total. The van der Waals surface area contributed by atoms with E-state index in [4.69, 9.17) is 15.0 Å². The minimum atomic E-state index is 0.665. The second-order valence-corrected chi connectivity index (χ2v) is 12.7. The van der Waals surface area contributed by atoms with Gasteiger partial charge in [-0.1, -0.05) is 151 Å². The fourth-order valence-electron chi connectivity index (χ4n) is 6.44. The lowest BCUT2D eigenvalue weighted by Gasteiger charge is -2.22. The first kappa shape index (κ1) is 27.5. The van der Waals surface area contributed by atoms with Crippen LogP contribution in [0.2, 0.25) is 0 Å². The van der Waals surface area contributed by atoms with Crippen LogP contribution in [0.4, 0.5) is 0 Å². The van der Waals surface area contributed by atoms with Crippen LogP contribution in [0.3, 0.4) is 0 Å². The van der Waals surface area contributed by atoms with Crippen LogP contribution in [0, 0.1) is 0 Å². The highest BCUT2D eigenvalue weighted by Crippen LogP contribution is 2.50. The molecule has 9 rings (SSSR count). The Morgan fingerprint density at radius 1 is 0.319 bits per heavy atom. The highest BCUT2D eigenvalue weighted by molar-refractivity contribution is 7.99. The van der Waals surface area contributed by atoms with Crippen LogP contribution in [0.25, 0.3) is 78.3 Å². The topological polar surface area (TPSA) is 38.7 Å². The fourth-order valence-corrected chi connectivity index (χ4v) is 7.61. The normalized spacial score (nSPS) is 11.7. The van der Waals surface area contributed by atoms with Gasteiger partial charge in [-0.05, 0) is 63.0 Å². The Kier molecular flexibility index (Phi) is 6.72. The molecule has 8 aromatic rings. The number of fused-ring (bicyclic) bond motifs is 2. The molecular weight excluding hydrogens is 591 g/mol. The minimum Gasteiger partial charge on any atom is -0.208 e. The molecular formula is C43H27N3S. The number of aromatic nitrogens is 3. The maximum Gasteiger partial charge on any atom is 0.164 e. The average Bonchev–Trinajstić information content (AvgIpc) is 3.16. The largest absolute Gasteiger partial charge is 0.208 e. The summed E-state index contributed by atoms with van der Waals surface area (Å²) in [5, 5.41) is 2.38. The third-order valence-electron chi connectivity index (χ3n) is 8.74. The highest BCUT2D eigenvalue weighted by atomic mass is 32.2. The first-order valence-electron chi connectivity index (χ1n) is 15.7. The van der Waals surface area contributed by atoms with Gasteiger partial charge in [0.05, 0.1) is 0 Å². The molecule has 4 heteroatoms. The Labute approximate surface area is 277 Å². The van der Waals surface area contributed by atoms with E-state index in [0.717, 1.165) is 22.1 Å². The number of benzene rings is 7. The molecule has 0 fully saturated rings. The third-order valence-corrected chi connectivity index (χ3v) is 9.86. The average molecular weight is 618 g/mol. The monoisotopic (exact) mass is 617 g/mol. The summed E-state index contributed by atoms with van der Waals surface area (Å²) in [6.07, 6.45) is 0. The van der Waals surface area contributed by atoms with E-state index in [2.05, 4.69) is 103 Å². The first-order valence-corrected chi connectivity index (χ1v) is 16.5. The number of rotatable bonds is 5. The van der Waals surface area contributed by atoms with Gasteiger partial charge >= 0.3 is 0 Å². The molecule has 0 atom stereocenters. The lowest BCUT2D eigenvalue weighted by Crippen LogP contribution is -2.01. The third kappa shape index (κ3) is 5.00. The highest BCUT2D eigenvalue weighted by Gasteiger charge is 2.23. The predicted molar refractivity (Wildman–Crippen MR) is 194 cm³/mol. The molecule has 1 aliphatic heterocycles.